The normalized spacial score (nSPS) is 15.6. The largest absolute Gasteiger partial charge is 0.417 e. The summed E-state index contributed by atoms with van der Waals surface area (Å²) in [6.45, 7) is 0.958. The number of nitrogens with zero attached hydrogens (tertiary/aromatic N) is 1. The van der Waals surface area contributed by atoms with E-state index in [1.54, 1.807) is 11.0 Å². The van der Waals surface area contributed by atoms with Gasteiger partial charge in [0.2, 0.25) is 11.8 Å². The lowest BCUT2D eigenvalue weighted by molar-refractivity contribution is -0.131. The lowest BCUT2D eigenvalue weighted by Crippen LogP contribution is -2.38. The molecule has 7 heteroatoms. The maximum Gasteiger partial charge on any atom is 0.417 e. The van der Waals surface area contributed by atoms with E-state index in [0.29, 0.717) is 19.2 Å². The molecule has 1 aliphatic rings. The van der Waals surface area contributed by atoms with Gasteiger partial charge in [-0.3, -0.25) is 9.59 Å². The number of rotatable bonds is 4. The molecule has 0 atom stereocenters. The Labute approximate surface area is 132 Å². The van der Waals surface area contributed by atoms with E-state index in [1.807, 2.05) is 0 Å². The maximum absolute atomic E-state index is 13.1. The van der Waals surface area contributed by atoms with Crippen molar-refractivity contribution >= 4 is 17.4 Å². The van der Waals surface area contributed by atoms with Crippen molar-refractivity contribution in [2.75, 3.05) is 19.6 Å². The zero-order valence-corrected chi connectivity index (χ0v) is 12.4. The van der Waals surface area contributed by atoms with Crippen molar-refractivity contribution in [3.05, 3.63) is 42.0 Å². The van der Waals surface area contributed by atoms with Crippen molar-refractivity contribution in [1.29, 1.82) is 0 Å². The van der Waals surface area contributed by atoms with Gasteiger partial charge in [-0.05, 0) is 18.4 Å². The molecule has 1 N–H and O–H groups in total. The van der Waals surface area contributed by atoms with Crippen molar-refractivity contribution in [2.45, 2.75) is 19.0 Å². The van der Waals surface area contributed by atoms with Crippen LogP contribution in [-0.4, -0.2) is 42.5 Å². The molecule has 4 nitrogen and oxygen atoms in total. The van der Waals surface area contributed by atoms with Crippen LogP contribution in [0.2, 0.25) is 0 Å². The summed E-state index contributed by atoms with van der Waals surface area (Å²) in [4.78, 5) is 25.1. The first-order valence-electron chi connectivity index (χ1n) is 7.28. The molecule has 1 heterocycles. The second-order valence-electron chi connectivity index (χ2n) is 5.23. The molecule has 0 radical (unpaired) electrons. The summed E-state index contributed by atoms with van der Waals surface area (Å²) >= 11 is 0. The van der Waals surface area contributed by atoms with Gasteiger partial charge in [-0.25, -0.2) is 0 Å². The highest BCUT2D eigenvalue weighted by molar-refractivity contribution is 5.97. The van der Waals surface area contributed by atoms with Crippen LogP contribution in [0, 0.1) is 0 Å². The summed E-state index contributed by atoms with van der Waals surface area (Å²) in [6, 6.07) is 7.07. The van der Waals surface area contributed by atoms with E-state index in [2.05, 4.69) is 5.32 Å². The monoisotopic (exact) mass is 326 g/mol. The zero-order valence-electron chi connectivity index (χ0n) is 12.4. The van der Waals surface area contributed by atoms with Crippen LogP contribution < -0.4 is 5.32 Å². The molecule has 1 saturated heterocycles. The molecular formula is C16H17F3N2O2. The Bertz CT molecular complexity index is 591. The summed E-state index contributed by atoms with van der Waals surface area (Å²) in [5, 5.41) is 2.23. The van der Waals surface area contributed by atoms with Crippen molar-refractivity contribution < 1.29 is 22.8 Å². The number of likely N-dealkylation sites (tertiary alicyclic amines) is 1. The fourth-order valence-corrected chi connectivity index (χ4v) is 2.37. The third-order valence-corrected chi connectivity index (χ3v) is 3.54. The van der Waals surface area contributed by atoms with Gasteiger partial charge in [0.25, 0.3) is 0 Å². The van der Waals surface area contributed by atoms with Crippen molar-refractivity contribution in [3.63, 3.8) is 0 Å². The Morgan fingerprint density at radius 1 is 1.13 bits per heavy atom. The molecule has 23 heavy (non-hydrogen) atoms. The van der Waals surface area contributed by atoms with Crippen molar-refractivity contribution in [3.8, 4) is 0 Å². The fraction of sp³-hybridized carbons (Fsp3) is 0.375. The second kappa shape index (κ2) is 7.30. The Morgan fingerprint density at radius 2 is 1.74 bits per heavy atom. The third-order valence-electron chi connectivity index (χ3n) is 3.54. The molecule has 1 aromatic carbocycles. The number of hydrogen-bond donors (Lipinski definition) is 1. The van der Waals surface area contributed by atoms with E-state index < -0.39 is 17.7 Å². The summed E-state index contributed by atoms with van der Waals surface area (Å²) in [5.74, 6) is -1.22. The standard InChI is InChI=1S/C16H17F3N2O2/c17-16(18,19)13(12-6-2-1-3-7-12)10-14(22)20-11-15(23)21-8-4-5-9-21/h1-3,6-7,10H,4-5,8-9,11H2,(H,20,22)/b13-10+. The van der Waals surface area contributed by atoms with E-state index in [-0.39, 0.29) is 18.0 Å². The predicted molar refractivity (Wildman–Crippen MR) is 79.3 cm³/mol. The number of allylic oxidation sites excluding steroid dienone is 1. The average molecular weight is 326 g/mol. The number of benzene rings is 1. The van der Waals surface area contributed by atoms with Crippen LogP contribution in [0.5, 0.6) is 0 Å². The quantitative estimate of drug-likeness (QED) is 0.864. The fourth-order valence-electron chi connectivity index (χ4n) is 2.37. The van der Waals surface area contributed by atoms with E-state index in [9.17, 15) is 22.8 Å². The van der Waals surface area contributed by atoms with E-state index in [4.69, 9.17) is 0 Å². The van der Waals surface area contributed by atoms with Crippen molar-refractivity contribution in [1.82, 2.24) is 10.2 Å². The van der Waals surface area contributed by atoms with Gasteiger partial charge in [-0.15, -0.1) is 0 Å². The molecule has 1 fully saturated rings. The van der Waals surface area contributed by atoms with E-state index in [0.717, 1.165) is 12.8 Å². The minimum atomic E-state index is -4.66. The Morgan fingerprint density at radius 3 is 2.30 bits per heavy atom. The maximum atomic E-state index is 13.1. The molecule has 0 spiro atoms. The molecule has 0 aromatic heterocycles. The lowest BCUT2D eigenvalue weighted by Gasteiger charge is -2.15. The van der Waals surface area contributed by atoms with Gasteiger partial charge < -0.3 is 10.2 Å². The first-order valence-corrected chi connectivity index (χ1v) is 7.28. The van der Waals surface area contributed by atoms with Gasteiger partial charge in [-0.1, -0.05) is 30.3 Å². The molecule has 0 bridgehead atoms. The number of alkyl halides is 3. The Balaban J connectivity index is 2.03. The molecule has 1 aromatic rings. The van der Waals surface area contributed by atoms with Gasteiger partial charge in [0.1, 0.15) is 0 Å². The number of carbonyl (C=O) groups is 2. The molecule has 0 unspecified atom stereocenters. The predicted octanol–water partition coefficient (Wildman–Crippen LogP) is 2.37. The molecule has 0 saturated carbocycles. The SMILES string of the molecule is O=C(/C=C(\c1ccccc1)C(F)(F)F)NCC(=O)N1CCCC1. The smallest absolute Gasteiger partial charge is 0.343 e. The summed E-state index contributed by atoms with van der Waals surface area (Å²) in [7, 11) is 0. The summed E-state index contributed by atoms with van der Waals surface area (Å²) in [5.41, 5.74) is -1.13. The number of hydrogen-bond acceptors (Lipinski definition) is 2. The van der Waals surface area contributed by atoms with Crippen LogP contribution in [0.4, 0.5) is 13.2 Å². The highest BCUT2D eigenvalue weighted by atomic mass is 19.4. The first-order chi connectivity index (χ1) is 10.9. The highest BCUT2D eigenvalue weighted by Crippen LogP contribution is 2.33. The number of carbonyl (C=O) groups excluding carboxylic acids is 2. The van der Waals surface area contributed by atoms with Gasteiger partial charge in [0.15, 0.2) is 0 Å². The average Bonchev–Trinajstić information content (AvgIpc) is 3.04. The second-order valence-corrected chi connectivity index (χ2v) is 5.23. The van der Waals surface area contributed by atoms with Crippen LogP contribution in [-0.2, 0) is 9.59 Å². The molecule has 0 aliphatic carbocycles. The molecule has 2 amide bonds. The van der Waals surface area contributed by atoms with Crippen LogP contribution in [0.3, 0.4) is 0 Å². The van der Waals surface area contributed by atoms with E-state index in [1.165, 1.54) is 24.3 Å². The zero-order chi connectivity index (χ0) is 16.9. The highest BCUT2D eigenvalue weighted by Gasteiger charge is 2.35. The number of halogens is 3. The minimum Gasteiger partial charge on any atom is -0.343 e. The first kappa shape index (κ1) is 17.1. The van der Waals surface area contributed by atoms with Crippen LogP contribution in [0.1, 0.15) is 18.4 Å². The topological polar surface area (TPSA) is 49.4 Å². The van der Waals surface area contributed by atoms with Crippen LogP contribution in [0.25, 0.3) is 5.57 Å². The minimum absolute atomic E-state index is 0.0963. The van der Waals surface area contributed by atoms with Crippen molar-refractivity contribution in [2.24, 2.45) is 0 Å². The Kier molecular flexibility index (Phi) is 5.41. The Hall–Kier alpha value is -2.31. The number of nitrogens with one attached hydrogen (secondary N) is 1. The van der Waals surface area contributed by atoms with Gasteiger partial charge in [-0.2, -0.15) is 13.2 Å². The molecule has 1 aliphatic heterocycles. The van der Waals surface area contributed by atoms with Gasteiger partial charge >= 0.3 is 6.18 Å². The van der Waals surface area contributed by atoms with E-state index >= 15 is 0 Å². The third kappa shape index (κ3) is 4.84. The summed E-state index contributed by atoms with van der Waals surface area (Å²) in [6.07, 6.45) is -2.35. The molecule has 2 rings (SSSR count). The van der Waals surface area contributed by atoms with Gasteiger partial charge in [0, 0.05) is 19.2 Å². The number of amides is 2. The van der Waals surface area contributed by atoms with Crippen LogP contribution in [0.15, 0.2) is 36.4 Å². The van der Waals surface area contributed by atoms with Crippen LogP contribution >= 0.6 is 0 Å². The molecule has 124 valence electrons. The lowest BCUT2D eigenvalue weighted by atomic mass is 10.1. The summed E-state index contributed by atoms with van der Waals surface area (Å²) < 4.78 is 39.3. The van der Waals surface area contributed by atoms with Gasteiger partial charge in [0.05, 0.1) is 12.1 Å². The molecular weight excluding hydrogens is 309 g/mol.